The fourth-order valence-electron chi connectivity index (χ4n) is 3.61. The SMILES string of the molecule is CC1NCCN(C(=O)CCNC(=O)N2CCc3ccccc3C2)C1C.Cl. The van der Waals surface area contributed by atoms with Crippen LogP contribution in [0.25, 0.3) is 0 Å². The molecule has 26 heavy (non-hydrogen) atoms. The Hall–Kier alpha value is -1.79. The van der Waals surface area contributed by atoms with Crippen molar-refractivity contribution in [2.45, 2.75) is 45.3 Å². The molecule has 3 amide bonds. The van der Waals surface area contributed by atoms with Gasteiger partial charge in [-0.2, -0.15) is 0 Å². The third-order valence-electron chi connectivity index (χ3n) is 5.39. The molecule has 2 aliphatic rings. The van der Waals surface area contributed by atoms with Crippen LogP contribution in [0.1, 0.15) is 31.4 Å². The van der Waals surface area contributed by atoms with E-state index in [1.807, 2.05) is 21.9 Å². The highest BCUT2D eigenvalue weighted by molar-refractivity contribution is 5.85. The molecule has 1 aromatic rings. The molecule has 1 fully saturated rings. The van der Waals surface area contributed by atoms with Crippen molar-refractivity contribution in [1.82, 2.24) is 20.4 Å². The molecule has 3 rings (SSSR count). The number of urea groups is 1. The van der Waals surface area contributed by atoms with Crippen LogP contribution in [0.5, 0.6) is 0 Å². The molecule has 0 bridgehead atoms. The predicted molar refractivity (Wildman–Crippen MR) is 104 cm³/mol. The minimum absolute atomic E-state index is 0. The number of hydrogen-bond acceptors (Lipinski definition) is 3. The first-order chi connectivity index (χ1) is 12.1. The first-order valence-corrected chi connectivity index (χ1v) is 9.18. The van der Waals surface area contributed by atoms with E-state index < -0.39 is 0 Å². The number of halogens is 1. The third kappa shape index (κ3) is 4.68. The minimum Gasteiger partial charge on any atom is -0.337 e. The highest BCUT2D eigenvalue weighted by atomic mass is 35.5. The number of nitrogens with zero attached hydrogens (tertiary/aromatic N) is 2. The zero-order chi connectivity index (χ0) is 17.8. The Kier molecular flexibility index (Phi) is 7.29. The van der Waals surface area contributed by atoms with Gasteiger partial charge in [0.2, 0.25) is 5.91 Å². The molecular formula is C19H29ClN4O2. The van der Waals surface area contributed by atoms with Crippen molar-refractivity contribution in [3.05, 3.63) is 35.4 Å². The van der Waals surface area contributed by atoms with Gasteiger partial charge in [0, 0.05) is 51.2 Å². The standard InChI is InChI=1S/C19H28N4O2.ClH/c1-14-15(2)23(12-10-20-14)18(24)7-9-21-19(25)22-11-8-16-5-3-4-6-17(16)13-22;/h3-6,14-15,20H,7-13H2,1-2H3,(H,21,25);1H. The van der Waals surface area contributed by atoms with Crippen molar-refractivity contribution < 1.29 is 9.59 Å². The van der Waals surface area contributed by atoms with E-state index in [9.17, 15) is 9.59 Å². The van der Waals surface area contributed by atoms with E-state index in [0.717, 1.165) is 26.1 Å². The Morgan fingerprint density at radius 2 is 1.92 bits per heavy atom. The molecule has 2 N–H and O–H groups in total. The summed E-state index contributed by atoms with van der Waals surface area (Å²) in [4.78, 5) is 28.5. The third-order valence-corrected chi connectivity index (χ3v) is 5.39. The lowest BCUT2D eigenvalue weighted by molar-refractivity contribution is -0.134. The van der Waals surface area contributed by atoms with Crippen LogP contribution < -0.4 is 10.6 Å². The monoisotopic (exact) mass is 380 g/mol. The van der Waals surface area contributed by atoms with Gasteiger partial charge in [-0.1, -0.05) is 24.3 Å². The number of carbonyl (C=O) groups is 2. The van der Waals surface area contributed by atoms with Crippen LogP contribution in [0.3, 0.4) is 0 Å². The van der Waals surface area contributed by atoms with E-state index in [0.29, 0.717) is 25.6 Å². The lowest BCUT2D eigenvalue weighted by atomic mass is 10.0. The van der Waals surface area contributed by atoms with E-state index >= 15 is 0 Å². The highest BCUT2D eigenvalue weighted by Gasteiger charge is 2.28. The molecule has 0 spiro atoms. The fraction of sp³-hybridized carbons (Fsp3) is 0.579. The van der Waals surface area contributed by atoms with Gasteiger partial charge in [0.1, 0.15) is 0 Å². The van der Waals surface area contributed by atoms with Gasteiger partial charge in [-0.15, -0.1) is 12.4 Å². The van der Waals surface area contributed by atoms with Crippen LogP contribution in [-0.4, -0.2) is 60.0 Å². The molecule has 2 heterocycles. The van der Waals surface area contributed by atoms with Gasteiger partial charge in [-0.3, -0.25) is 4.79 Å². The molecular weight excluding hydrogens is 352 g/mol. The number of amides is 3. The first-order valence-electron chi connectivity index (χ1n) is 9.18. The molecule has 144 valence electrons. The number of rotatable bonds is 3. The summed E-state index contributed by atoms with van der Waals surface area (Å²) in [5, 5.41) is 6.27. The van der Waals surface area contributed by atoms with E-state index in [2.05, 4.69) is 36.6 Å². The van der Waals surface area contributed by atoms with Gasteiger partial charge in [0.15, 0.2) is 0 Å². The van der Waals surface area contributed by atoms with Gasteiger partial charge in [0.05, 0.1) is 0 Å². The summed E-state index contributed by atoms with van der Waals surface area (Å²) in [6, 6.07) is 8.66. The van der Waals surface area contributed by atoms with Crippen molar-refractivity contribution in [2.24, 2.45) is 0 Å². The van der Waals surface area contributed by atoms with E-state index in [1.165, 1.54) is 11.1 Å². The van der Waals surface area contributed by atoms with E-state index in [4.69, 9.17) is 0 Å². The lowest BCUT2D eigenvalue weighted by Crippen LogP contribution is -2.57. The molecule has 1 aromatic carbocycles. The summed E-state index contributed by atoms with van der Waals surface area (Å²) >= 11 is 0. The number of benzene rings is 1. The number of carbonyl (C=O) groups excluding carboxylic acids is 2. The first kappa shape index (κ1) is 20.5. The van der Waals surface area contributed by atoms with Crippen molar-refractivity contribution in [3.8, 4) is 0 Å². The fourth-order valence-corrected chi connectivity index (χ4v) is 3.61. The minimum atomic E-state index is -0.0796. The largest absolute Gasteiger partial charge is 0.337 e. The van der Waals surface area contributed by atoms with Crippen molar-refractivity contribution in [3.63, 3.8) is 0 Å². The van der Waals surface area contributed by atoms with Crippen LogP contribution in [0.15, 0.2) is 24.3 Å². The normalized spacial score (nSPS) is 22.2. The number of piperazine rings is 1. The van der Waals surface area contributed by atoms with Crippen molar-refractivity contribution in [1.29, 1.82) is 0 Å². The number of fused-ring (bicyclic) bond motifs is 1. The van der Waals surface area contributed by atoms with Gasteiger partial charge < -0.3 is 20.4 Å². The lowest BCUT2D eigenvalue weighted by Gasteiger charge is -2.38. The summed E-state index contributed by atoms with van der Waals surface area (Å²) < 4.78 is 0. The van der Waals surface area contributed by atoms with Crippen LogP contribution in [0.2, 0.25) is 0 Å². The van der Waals surface area contributed by atoms with Gasteiger partial charge in [0.25, 0.3) is 0 Å². The molecule has 2 atom stereocenters. The molecule has 0 radical (unpaired) electrons. The topological polar surface area (TPSA) is 64.7 Å². The van der Waals surface area contributed by atoms with Crippen LogP contribution in [0, 0.1) is 0 Å². The molecule has 2 aliphatic heterocycles. The van der Waals surface area contributed by atoms with E-state index in [1.54, 1.807) is 0 Å². The Labute approximate surface area is 161 Å². The average molecular weight is 381 g/mol. The predicted octanol–water partition coefficient (Wildman–Crippen LogP) is 1.78. The number of nitrogens with one attached hydrogen (secondary N) is 2. The molecule has 0 aromatic heterocycles. The second-order valence-electron chi connectivity index (χ2n) is 6.99. The Bertz CT molecular complexity index is 640. The van der Waals surface area contributed by atoms with Crippen molar-refractivity contribution in [2.75, 3.05) is 26.2 Å². The average Bonchev–Trinajstić information content (AvgIpc) is 2.63. The van der Waals surface area contributed by atoms with Crippen LogP contribution >= 0.6 is 12.4 Å². The highest BCUT2D eigenvalue weighted by Crippen LogP contribution is 2.18. The van der Waals surface area contributed by atoms with Crippen LogP contribution in [0.4, 0.5) is 4.79 Å². The molecule has 7 heteroatoms. The number of hydrogen-bond donors (Lipinski definition) is 2. The summed E-state index contributed by atoms with van der Waals surface area (Å²) in [7, 11) is 0. The smallest absolute Gasteiger partial charge is 0.317 e. The Morgan fingerprint density at radius 1 is 1.19 bits per heavy atom. The van der Waals surface area contributed by atoms with Gasteiger partial charge in [-0.25, -0.2) is 4.79 Å². The second kappa shape index (κ2) is 9.24. The molecule has 0 aliphatic carbocycles. The van der Waals surface area contributed by atoms with Gasteiger partial charge in [-0.05, 0) is 31.4 Å². The Balaban J connectivity index is 0.00000243. The zero-order valence-electron chi connectivity index (χ0n) is 15.5. The summed E-state index contributed by atoms with van der Waals surface area (Å²) in [6.45, 7) is 7.49. The second-order valence-corrected chi connectivity index (χ2v) is 6.99. The maximum absolute atomic E-state index is 12.4. The molecule has 2 unspecified atom stereocenters. The summed E-state index contributed by atoms with van der Waals surface area (Å²) in [6.07, 6.45) is 1.24. The Morgan fingerprint density at radius 3 is 2.69 bits per heavy atom. The maximum atomic E-state index is 12.4. The van der Waals surface area contributed by atoms with Gasteiger partial charge >= 0.3 is 6.03 Å². The van der Waals surface area contributed by atoms with E-state index in [-0.39, 0.29) is 30.4 Å². The summed E-state index contributed by atoms with van der Waals surface area (Å²) in [5.41, 5.74) is 2.53. The maximum Gasteiger partial charge on any atom is 0.317 e. The molecule has 0 saturated carbocycles. The molecule has 6 nitrogen and oxygen atoms in total. The summed E-state index contributed by atoms with van der Waals surface area (Å²) in [5.74, 6) is 0.116. The quantitative estimate of drug-likeness (QED) is 0.840. The molecule has 1 saturated heterocycles. The van der Waals surface area contributed by atoms with Crippen LogP contribution in [-0.2, 0) is 17.8 Å². The van der Waals surface area contributed by atoms with Crippen molar-refractivity contribution >= 4 is 24.3 Å². The zero-order valence-corrected chi connectivity index (χ0v) is 16.3.